The van der Waals surface area contributed by atoms with Crippen LogP contribution < -0.4 is 5.73 Å². The molecule has 3 nitrogen and oxygen atoms in total. The highest BCUT2D eigenvalue weighted by Gasteiger charge is 2.12. The molecule has 0 saturated heterocycles. The van der Waals surface area contributed by atoms with Crippen LogP contribution >= 0.6 is 15.9 Å². The van der Waals surface area contributed by atoms with Gasteiger partial charge in [0.05, 0.1) is 10.2 Å². The zero-order valence-electron chi connectivity index (χ0n) is 8.66. The molecule has 0 amide bonds. The summed E-state index contributed by atoms with van der Waals surface area (Å²) in [6.07, 6.45) is 0. The molecular formula is C11H12BrN3. The number of benzene rings is 1. The maximum absolute atomic E-state index is 5.74. The van der Waals surface area contributed by atoms with E-state index in [0.29, 0.717) is 5.82 Å². The molecular weight excluding hydrogens is 254 g/mol. The molecule has 0 aliphatic carbocycles. The summed E-state index contributed by atoms with van der Waals surface area (Å²) in [6, 6.07) is 8.26. The molecule has 1 aromatic carbocycles. The maximum atomic E-state index is 5.74. The zero-order chi connectivity index (χ0) is 11.0. The Morgan fingerprint density at radius 3 is 2.67 bits per heavy atom. The molecule has 0 spiro atoms. The molecule has 0 unspecified atom stereocenters. The number of hydrogen-bond acceptors (Lipinski definition) is 2. The number of nitrogens with two attached hydrogens (primary N) is 1. The minimum atomic E-state index is 0.522. The van der Waals surface area contributed by atoms with Crippen molar-refractivity contribution in [2.24, 2.45) is 7.05 Å². The normalized spacial score (nSPS) is 10.6. The van der Waals surface area contributed by atoms with Crippen molar-refractivity contribution in [3.05, 3.63) is 34.3 Å². The van der Waals surface area contributed by atoms with E-state index in [1.54, 1.807) is 4.68 Å². The van der Waals surface area contributed by atoms with Gasteiger partial charge in [0, 0.05) is 12.6 Å². The first-order valence-electron chi connectivity index (χ1n) is 4.64. The lowest BCUT2D eigenvalue weighted by Crippen LogP contribution is -1.94. The van der Waals surface area contributed by atoms with Gasteiger partial charge in [0.15, 0.2) is 5.82 Å². The molecule has 2 N–H and O–H groups in total. The van der Waals surface area contributed by atoms with E-state index in [0.717, 1.165) is 15.7 Å². The Morgan fingerprint density at radius 1 is 1.40 bits per heavy atom. The Labute approximate surface area is 97.0 Å². The topological polar surface area (TPSA) is 43.8 Å². The van der Waals surface area contributed by atoms with Crippen molar-refractivity contribution in [3.8, 4) is 11.3 Å². The van der Waals surface area contributed by atoms with Crippen molar-refractivity contribution in [2.45, 2.75) is 6.92 Å². The van der Waals surface area contributed by atoms with Crippen molar-refractivity contribution in [2.75, 3.05) is 5.73 Å². The molecule has 1 heterocycles. The van der Waals surface area contributed by atoms with Crippen molar-refractivity contribution in [1.29, 1.82) is 0 Å². The fraction of sp³-hybridized carbons (Fsp3) is 0.182. The van der Waals surface area contributed by atoms with Gasteiger partial charge in [0.1, 0.15) is 0 Å². The summed E-state index contributed by atoms with van der Waals surface area (Å²) >= 11 is 3.45. The highest BCUT2D eigenvalue weighted by Crippen LogP contribution is 2.32. The lowest BCUT2D eigenvalue weighted by Gasteiger charge is -2.03. The van der Waals surface area contributed by atoms with Crippen LogP contribution in [0.15, 0.2) is 28.7 Å². The monoisotopic (exact) mass is 265 g/mol. The molecule has 2 aromatic rings. The van der Waals surface area contributed by atoms with Crippen LogP contribution in [0.1, 0.15) is 5.56 Å². The molecule has 4 heteroatoms. The molecule has 0 aliphatic rings. The standard InChI is InChI=1S/C11H12BrN3/c1-7-4-3-5-8(6-7)10-9(12)11(13)14-15(10)2/h3-6H,1-2H3,(H2,13,14). The predicted octanol–water partition coefficient (Wildman–Crippen LogP) is 2.74. The smallest absolute Gasteiger partial charge is 0.160 e. The third kappa shape index (κ3) is 1.77. The zero-order valence-corrected chi connectivity index (χ0v) is 10.2. The van der Waals surface area contributed by atoms with E-state index in [2.05, 4.69) is 40.1 Å². The van der Waals surface area contributed by atoms with E-state index in [9.17, 15) is 0 Å². The summed E-state index contributed by atoms with van der Waals surface area (Å²) in [5.74, 6) is 0.522. The van der Waals surface area contributed by atoms with Crippen LogP contribution in [-0.2, 0) is 7.05 Å². The molecule has 0 fully saturated rings. The molecule has 1 aromatic heterocycles. The lowest BCUT2D eigenvalue weighted by atomic mass is 10.1. The Kier molecular flexibility index (Phi) is 2.52. The number of aromatic nitrogens is 2. The average molecular weight is 266 g/mol. The maximum Gasteiger partial charge on any atom is 0.160 e. The van der Waals surface area contributed by atoms with Gasteiger partial charge in [-0.1, -0.05) is 23.8 Å². The van der Waals surface area contributed by atoms with Crippen LogP contribution in [0.4, 0.5) is 5.82 Å². The predicted molar refractivity (Wildman–Crippen MR) is 65.5 cm³/mol. The van der Waals surface area contributed by atoms with Crippen LogP contribution in [0.25, 0.3) is 11.3 Å². The molecule has 15 heavy (non-hydrogen) atoms. The molecule has 0 aliphatic heterocycles. The third-order valence-corrected chi connectivity index (χ3v) is 3.09. The number of halogens is 1. The SMILES string of the molecule is Cc1cccc(-c2c(Br)c(N)nn2C)c1. The van der Waals surface area contributed by atoms with Crippen molar-refractivity contribution in [1.82, 2.24) is 9.78 Å². The van der Waals surface area contributed by atoms with E-state index in [4.69, 9.17) is 5.73 Å². The fourth-order valence-electron chi connectivity index (χ4n) is 1.62. The van der Waals surface area contributed by atoms with E-state index < -0.39 is 0 Å². The average Bonchev–Trinajstić information content (AvgIpc) is 2.41. The second-order valence-electron chi connectivity index (χ2n) is 3.54. The van der Waals surface area contributed by atoms with Gasteiger partial charge >= 0.3 is 0 Å². The van der Waals surface area contributed by atoms with Gasteiger partial charge in [-0.05, 0) is 28.9 Å². The Morgan fingerprint density at radius 2 is 2.13 bits per heavy atom. The van der Waals surface area contributed by atoms with Crippen LogP contribution in [0, 0.1) is 6.92 Å². The highest BCUT2D eigenvalue weighted by molar-refractivity contribution is 9.10. The third-order valence-electron chi connectivity index (χ3n) is 2.31. The van der Waals surface area contributed by atoms with Crippen LogP contribution in [0.2, 0.25) is 0 Å². The summed E-state index contributed by atoms with van der Waals surface area (Å²) in [5, 5.41) is 4.16. The van der Waals surface area contributed by atoms with Gasteiger partial charge in [-0.25, -0.2) is 0 Å². The van der Waals surface area contributed by atoms with Gasteiger partial charge in [0.2, 0.25) is 0 Å². The molecule has 0 atom stereocenters. The molecule has 0 radical (unpaired) electrons. The van der Waals surface area contributed by atoms with Crippen molar-refractivity contribution in [3.63, 3.8) is 0 Å². The van der Waals surface area contributed by atoms with E-state index in [1.165, 1.54) is 5.56 Å². The second kappa shape index (κ2) is 3.70. The van der Waals surface area contributed by atoms with E-state index in [1.807, 2.05) is 19.2 Å². The first kappa shape index (κ1) is 10.2. The summed E-state index contributed by atoms with van der Waals surface area (Å²) in [6.45, 7) is 2.07. The van der Waals surface area contributed by atoms with Gasteiger partial charge in [-0.3, -0.25) is 4.68 Å². The Bertz CT molecular complexity index is 503. The second-order valence-corrected chi connectivity index (χ2v) is 4.33. The molecule has 2 rings (SSSR count). The summed E-state index contributed by atoms with van der Waals surface area (Å²) in [4.78, 5) is 0. The van der Waals surface area contributed by atoms with Gasteiger partial charge < -0.3 is 5.73 Å². The quantitative estimate of drug-likeness (QED) is 0.862. The highest BCUT2D eigenvalue weighted by atomic mass is 79.9. The first-order valence-corrected chi connectivity index (χ1v) is 5.44. The minimum Gasteiger partial charge on any atom is -0.381 e. The van der Waals surface area contributed by atoms with Gasteiger partial charge in [0.25, 0.3) is 0 Å². The number of nitrogen functional groups attached to an aromatic ring is 1. The van der Waals surface area contributed by atoms with Crippen molar-refractivity contribution < 1.29 is 0 Å². The van der Waals surface area contributed by atoms with Crippen LogP contribution in [-0.4, -0.2) is 9.78 Å². The number of hydrogen-bond donors (Lipinski definition) is 1. The van der Waals surface area contributed by atoms with Crippen LogP contribution in [0.5, 0.6) is 0 Å². The van der Waals surface area contributed by atoms with E-state index >= 15 is 0 Å². The summed E-state index contributed by atoms with van der Waals surface area (Å²) in [7, 11) is 1.89. The number of anilines is 1. The lowest BCUT2D eigenvalue weighted by molar-refractivity contribution is 0.780. The summed E-state index contributed by atoms with van der Waals surface area (Å²) < 4.78 is 2.64. The van der Waals surface area contributed by atoms with Gasteiger partial charge in [-0.15, -0.1) is 0 Å². The molecule has 0 bridgehead atoms. The van der Waals surface area contributed by atoms with Gasteiger partial charge in [-0.2, -0.15) is 5.10 Å². The number of rotatable bonds is 1. The fourth-order valence-corrected chi connectivity index (χ4v) is 2.19. The summed E-state index contributed by atoms with van der Waals surface area (Å²) in [5.41, 5.74) is 9.09. The largest absolute Gasteiger partial charge is 0.381 e. The Hall–Kier alpha value is -1.29. The molecule has 78 valence electrons. The molecule has 0 saturated carbocycles. The van der Waals surface area contributed by atoms with Crippen LogP contribution in [0.3, 0.4) is 0 Å². The Balaban J connectivity index is 2.63. The first-order chi connectivity index (χ1) is 7.09. The van der Waals surface area contributed by atoms with Crippen molar-refractivity contribution >= 4 is 21.7 Å². The number of nitrogens with zero attached hydrogens (tertiary/aromatic N) is 2. The minimum absolute atomic E-state index is 0.522. The van der Waals surface area contributed by atoms with E-state index in [-0.39, 0.29) is 0 Å². The number of aryl methyl sites for hydroxylation is 2.